The fourth-order valence-corrected chi connectivity index (χ4v) is 3.86. The molecular weight excluding hydrogens is 336 g/mol. The van der Waals surface area contributed by atoms with Gasteiger partial charge in [-0.3, -0.25) is 9.59 Å². The van der Waals surface area contributed by atoms with Crippen molar-refractivity contribution < 1.29 is 9.59 Å². The van der Waals surface area contributed by atoms with E-state index in [1.165, 1.54) is 0 Å². The van der Waals surface area contributed by atoms with Gasteiger partial charge in [0.1, 0.15) is 0 Å². The average molecular weight is 362 g/mol. The van der Waals surface area contributed by atoms with E-state index in [2.05, 4.69) is 31.3 Å². The lowest BCUT2D eigenvalue weighted by Gasteiger charge is -2.24. The van der Waals surface area contributed by atoms with Crippen LogP contribution in [0.5, 0.6) is 0 Å². The minimum Gasteiger partial charge on any atom is -0.326 e. The van der Waals surface area contributed by atoms with Crippen molar-refractivity contribution in [2.24, 2.45) is 5.92 Å². The van der Waals surface area contributed by atoms with Gasteiger partial charge in [-0.1, -0.05) is 44.2 Å². The highest BCUT2D eigenvalue weighted by Gasteiger charge is 2.36. The molecule has 1 heterocycles. The van der Waals surface area contributed by atoms with E-state index in [9.17, 15) is 9.59 Å². The van der Waals surface area contributed by atoms with E-state index >= 15 is 0 Å². The Hall–Kier alpha value is -2.62. The van der Waals surface area contributed by atoms with Crippen LogP contribution in [-0.4, -0.2) is 18.4 Å². The van der Waals surface area contributed by atoms with Crippen molar-refractivity contribution in [2.45, 2.75) is 44.9 Å². The number of benzene rings is 2. The molecule has 1 N–H and O–H groups in total. The molecule has 4 nitrogen and oxygen atoms in total. The van der Waals surface area contributed by atoms with Gasteiger partial charge in [0.2, 0.25) is 11.8 Å². The van der Waals surface area contributed by atoms with Crippen LogP contribution in [0.15, 0.2) is 48.5 Å². The molecule has 0 spiro atoms. The Labute approximate surface area is 160 Å². The molecule has 1 fully saturated rings. The van der Waals surface area contributed by atoms with E-state index in [0.29, 0.717) is 6.42 Å². The summed E-state index contributed by atoms with van der Waals surface area (Å²) in [5.74, 6) is 0.499. The van der Waals surface area contributed by atoms with Crippen LogP contribution in [0.2, 0.25) is 0 Å². The molecule has 140 valence electrons. The van der Waals surface area contributed by atoms with Crippen LogP contribution < -0.4 is 10.2 Å². The van der Waals surface area contributed by atoms with Gasteiger partial charge in [-0.15, -0.1) is 0 Å². The highest BCUT2D eigenvalue weighted by atomic mass is 16.2. The van der Waals surface area contributed by atoms with Crippen molar-refractivity contribution in [3.05, 3.63) is 59.7 Å². The predicted octanol–water partition coefficient (Wildman–Crippen LogP) is 4.29. The zero-order valence-electron chi connectivity index (χ0n) is 16.0. The van der Waals surface area contributed by atoms with Crippen LogP contribution in [0.25, 0.3) is 0 Å². The maximum absolute atomic E-state index is 12.6. The van der Waals surface area contributed by atoms with Gasteiger partial charge in [-0.2, -0.15) is 0 Å². The van der Waals surface area contributed by atoms with Crippen LogP contribution in [-0.2, 0) is 21.4 Å². The summed E-state index contributed by atoms with van der Waals surface area (Å²) < 4.78 is 0. The molecule has 2 aromatic rings. The van der Waals surface area contributed by atoms with Gasteiger partial charge in [0, 0.05) is 30.3 Å². The smallest absolute Gasteiger partial charge is 0.230 e. The maximum atomic E-state index is 12.6. The molecule has 0 unspecified atom stereocenters. The third-order valence-electron chi connectivity index (χ3n) is 5.61. The van der Waals surface area contributed by atoms with E-state index in [1.807, 2.05) is 41.3 Å². The zero-order chi connectivity index (χ0) is 19.0. The number of nitrogens with zero attached hydrogens (tertiary/aromatic N) is 1. The molecule has 2 amide bonds. The zero-order valence-corrected chi connectivity index (χ0v) is 16.0. The molecule has 0 aromatic heterocycles. The standard InChI is InChI=1S/C23H26N2O2/c1-23(2,18-6-4-3-5-7-18)15-21(26)24-19-10-11-20-17(14-19)12-13-25(20)22(27)16-8-9-16/h3-7,10-11,14,16H,8-9,12-13,15H2,1-2H3,(H,24,26). The second-order valence-corrected chi connectivity index (χ2v) is 8.33. The van der Waals surface area contributed by atoms with Crippen molar-refractivity contribution >= 4 is 23.2 Å². The molecule has 27 heavy (non-hydrogen) atoms. The second-order valence-electron chi connectivity index (χ2n) is 8.33. The normalized spacial score (nSPS) is 16.1. The van der Waals surface area contributed by atoms with E-state index in [-0.39, 0.29) is 23.1 Å². The monoisotopic (exact) mass is 362 g/mol. The summed E-state index contributed by atoms with van der Waals surface area (Å²) in [5, 5.41) is 3.03. The molecule has 1 saturated carbocycles. The molecule has 0 radical (unpaired) electrons. The van der Waals surface area contributed by atoms with Crippen LogP contribution in [0.3, 0.4) is 0 Å². The predicted molar refractivity (Wildman–Crippen MR) is 108 cm³/mol. The van der Waals surface area contributed by atoms with E-state index in [0.717, 1.165) is 48.3 Å². The number of carbonyl (C=O) groups excluding carboxylic acids is 2. The summed E-state index contributed by atoms with van der Waals surface area (Å²) >= 11 is 0. The van der Waals surface area contributed by atoms with Crippen molar-refractivity contribution in [1.29, 1.82) is 0 Å². The summed E-state index contributed by atoms with van der Waals surface area (Å²) in [6, 6.07) is 16.0. The van der Waals surface area contributed by atoms with Crippen LogP contribution in [0.4, 0.5) is 11.4 Å². The number of fused-ring (bicyclic) bond motifs is 1. The SMILES string of the molecule is CC(C)(CC(=O)Nc1ccc2c(c1)CCN2C(=O)C1CC1)c1ccccc1. The van der Waals surface area contributed by atoms with Gasteiger partial charge in [0.15, 0.2) is 0 Å². The molecule has 4 heteroatoms. The molecule has 1 aliphatic heterocycles. The quantitative estimate of drug-likeness (QED) is 0.862. The number of carbonyl (C=O) groups is 2. The molecule has 2 aromatic carbocycles. The van der Waals surface area contributed by atoms with Gasteiger partial charge < -0.3 is 10.2 Å². The molecule has 0 bridgehead atoms. The Morgan fingerprint density at radius 2 is 1.85 bits per heavy atom. The number of nitrogens with one attached hydrogen (secondary N) is 1. The molecule has 0 saturated heterocycles. The lowest BCUT2D eigenvalue weighted by molar-refractivity contribution is -0.119. The number of hydrogen-bond acceptors (Lipinski definition) is 2. The third kappa shape index (κ3) is 3.75. The van der Waals surface area contributed by atoms with E-state index < -0.39 is 0 Å². The van der Waals surface area contributed by atoms with Crippen molar-refractivity contribution in [2.75, 3.05) is 16.8 Å². The second kappa shape index (κ2) is 6.84. The summed E-state index contributed by atoms with van der Waals surface area (Å²) in [6.07, 6.45) is 3.32. The first kappa shape index (κ1) is 17.8. The largest absolute Gasteiger partial charge is 0.326 e. The Morgan fingerprint density at radius 1 is 1.11 bits per heavy atom. The Kier molecular flexibility index (Phi) is 4.50. The van der Waals surface area contributed by atoms with Crippen molar-refractivity contribution in [1.82, 2.24) is 0 Å². The first-order valence-corrected chi connectivity index (χ1v) is 9.74. The first-order valence-electron chi connectivity index (χ1n) is 9.74. The third-order valence-corrected chi connectivity index (χ3v) is 5.61. The van der Waals surface area contributed by atoms with Crippen LogP contribution >= 0.6 is 0 Å². The van der Waals surface area contributed by atoms with Crippen molar-refractivity contribution in [3.63, 3.8) is 0 Å². The van der Waals surface area contributed by atoms with E-state index in [4.69, 9.17) is 0 Å². The Balaban J connectivity index is 1.43. The Morgan fingerprint density at radius 3 is 2.56 bits per heavy atom. The first-order chi connectivity index (χ1) is 12.9. The van der Waals surface area contributed by atoms with Gasteiger partial charge in [0.25, 0.3) is 0 Å². The van der Waals surface area contributed by atoms with Gasteiger partial charge in [0.05, 0.1) is 0 Å². The van der Waals surface area contributed by atoms with Gasteiger partial charge in [-0.25, -0.2) is 0 Å². The van der Waals surface area contributed by atoms with Crippen LogP contribution in [0, 0.1) is 5.92 Å². The minimum atomic E-state index is -0.227. The average Bonchev–Trinajstić information content (AvgIpc) is 3.41. The molecular formula is C23H26N2O2. The van der Waals surface area contributed by atoms with Gasteiger partial charge >= 0.3 is 0 Å². The summed E-state index contributed by atoms with van der Waals surface area (Å²) in [4.78, 5) is 26.9. The molecule has 0 atom stereocenters. The maximum Gasteiger partial charge on any atom is 0.230 e. The summed E-state index contributed by atoms with van der Waals surface area (Å²) in [6.45, 7) is 4.93. The fourth-order valence-electron chi connectivity index (χ4n) is 3.86. The lowest BCUT2D eigenvalue weighted by Crippen LogP contribution is -2.30. The number of hydrogen-bond donors (Lipinski definition) is 1. The number of anilines is 2. The molecule has 4 rings (SSSR count). The Bertz CT molecular complexity index is 869. The van der Waals surface area contributed by atoms with E-state index in [1.54, 1.807) is 0 Å². The summed E-state index contributed by atoms with van der Waals surface area (Å²) in [5.41, 5.74) is 3.89. The molecule has 2 aliphatic rings. The van der Waals surface area contributed by atoms with Crippen molar-refractivity contribution in [3.8, 4) is 0 Å². The number of rotatable bonds is 5. The topological polar surface area (TPSA) is 49.4 Å². The van der Waals surface area contributed by atoms with Crippen LogP contribution in [0.1, 0.15) is 44.2 Å². The lowest BCUT2D eigenvalue weighted by atomic mass is 9.81. The number of amides is 2. The minimum absolute atomic E-state index is 0.00714. The summed E-state index contributed by atoms with van der Waals surface area (Å²) in [7, 11) is 0. The highest BCUT2D eigenvalue weighted by molar-refractivity contribution is 5.99. The highest BCUT2D eigenvalue weighted by Crippen LogP contribution is 2.37. The fraction of sp³-hybridized carbons (Fsp3) is 0.391. The van der Waals surface area contributed by atoms with Gasteiger partial charge in [-0.05, 0) is 54.0 Å². The molecule has 1 aliphatic carbocycles.